The number of rotatable bonds is 4. The average molecular weight is 270 g/mol. The zero-order valence-corrected chi connectivity index (χ0v) is 9.23. The van der Waals surface area contributed by atoms with Gasteiger partial charge >= 0.3 is 6.18 Å². The van der Waals surface area contributed by atoms with Crippen LogP contribution in [0.15, 0.2) is 28.0 Å². The number of aromatic nitrogens is 1. The quantitative estimate of drug-likeness (QED) is 0.841. The summed E-state index contributed by atoms with van der Waals surface area (Å²) >= 11 is 0. The van der Waals surface area contributed by atoms with Gasteiger partial charge in [0, 0.05) is 18.8 Å². The van der Waals surface area contributed by atoms with Crippen LogP contribution in [0.4, 0.5) is 13.2 Å². The van der Waals surface area contributed by atoms with Crippen LogP contribution in [0.1, 0.15) is 6.42 Å². The monoisotopic (exact) mass is 270 g/mol. The third-order valence-corrected chi connectivity index (χ3v) is 3.23. The van der Waals surface area contributed by atoms with Gasteiger partial charge in [-0.3, -0.25) is 4.79 Å². The Labute approximate surface area is 94.7 Å². The topological polar surface area (TPSA) is 79.0 Å². The van der Waals surface area contributed by atoms with Crippen molar-refractivity contribution in [2.75, 3.05) is 6.54 Å². The number of nitrogens with one attached hydrogen (secondary N) is 2. The minimum absolute atomic E-state index is 0.292. The molecule has 0 saturated heterocycles. The van der Waals surface area contributed by atoms with Gasteiger partial charge in [0.1, 0.15) is 0 Å². The van der Waals surface area contributed by atoms with Crippen molar-refractivity contribution in [3.63, 3.8) is 0 Å². The Morgan fingerprint density at radius 3 is 2.41 bits per heavy atom. The van der Waals surface area contributed by atoms with Gasteiger partial charge in [0.15, 0.2) is 0 Å². The molecule has 0 spiro atoms. The smallest absolute Gasteiger partial charge is 0.328 e. The summed E-state index contributed by atoms with van der Waals surface area (Å²) in [6.45, 7) is -0.745. The second-order valence-electron chi connectivity index (χ2n) is 3.15. The van der Waals surface area contributed by atoms with E-state index in [1.54, 1.807) is 4.72 Å². The van der Waals surface area contributed by atoms with Crippen LogP contribution in [0.5, 0.6) is 0 Å². The minimum atomic E-state index is -4.42. The number of sulfonamides is 1. The predicted molar refractivity (Wildman–Crippen MR) is 52.9 cm³/mol. The molecular weight excluding hydrogens is 261 g/mol. The highest BCUT2D eigenvalue weighted by Gasteiger charge is 2.27. The fourth-order valence-corrected chi connectivity index (χ4v) is 1.97. The second-order valence-corrected chi connectivity index (χ2v) is 4.92. The summed E-state index contributed by atoms with van der Waals surface area (Å²) in [5, 5.41) is 0. The highest BCUT2D eigenvalue weighted by molar-refractivity contribution is 7.89. The van der Waals surface area contributed by atoms with E-state index < -0.39 is 34.7 Å². The summed E-state index contributed by atoms with van der Waals surface area (Å²) in [7, 11) is -4.02. The molecule has 0 atom stereocenters. The van der Waals surface area contributed by atoms with E-state index in [0.29, 0.717) is 0 Å². The highest BCUT2D eigenvalue weighted by atomic mass is 32.2. The van der Waals surface area contributed by atoms with Crippen molar-refractivity contribution in [2.24, 2.45) is 0 Å². The first-order valence-corrected chi connectivity index (χ1v) is 5.94. The van der Waals surface area contributed by atoms with Crippen molar-refractivity contribution in [3.8, 4) is 0 Å². The number of pyridine rings is 1. The lowest BCUT2D eigenvalue weighted by molar-refractivity contribution is -0.132. The number of H-pyrrole nitrogens is 1. The summed E-state index contributed by atoms with van der Waals surface area (Å²) in [6.07, 6.45) is -4.76. The second kappa shape index (κ2) is 4.88. The molecule has 0 unspecified atom stereocenters. The predicted octanol–water partition coefficient (Wildman–Crippen LogP) is 0.606. The highest BCUT2D eigenvalue weighted by Crippen LogP contribution is 2.18. The Morgan fingerprint density at radius 2 is 1.94 bits per heavy atom. The Kier molecular flexibility index (Phi) is 3.94. The van der Waals surface area contributed by atoms with Gasteiger partial charge in [0.05, 0.1) is 11.3 Å². The van der Waals surface area contributed by atoms with E-state index in [1.165, 1.54) is 0 Å². The van der Waals surface area contributed by atoms with E-state index in [1.807, 2.05) is 0 Å². The first-order valence-electron chi connectivity index (χ1n) is 4.46. The number of alkyl halides is 3. The molecule has 0 aliphatic rings. The number of halogens is 3. The summed E-state index contributed by atoms with van der Waals surface area (Å²) in [4.78, 5) is 12.5. The Balaban J connectivity index is 2.70. The Bertz CT molecular complexity index is 515. The van der Waals surface area contributed by atoms with Crippen molar-refractivity contribution in [2.45, 2.75) is 17.5 Å². The van der Waals surface area contributed by atoms with E-state index in [9.17, 15) is 26.4 Å². The number of hydrogen-bond donors (Lipinski definition) is 2. The third kappa shape index (κ3) is 4.57. The van der Waals surface area contributed by atoms with Crippen LogP contribution in [0.2, 0.25) is 0 Å². The summed E-state index contributed by atoms with van der Waals surface area (Å²) in [6, 6.07) is 1.98. The third-order valence-electron chi connectivity index (χ3n) is 1.77. The van der Waals surface area contributed by atoms with Crippen LogP contribution in [0.25, 0.3) is 0 Å². The molecule has 0 aliphatic heterocycles. The van der Waals surface area contributed by atoms with Crippen LogP contribution in [-0.4, -0.2) is 26.1 Å². The lowest BCUT2D eigenvalue weighted by Gasteiger charge is -2.08. The van der Waals surface area contributed by atoms with Gasteiger partial charge in [-0.25, -0.2) is 13.1 Å². The minimum Gasteiger partial charge on any atom is -0.328 e. The molecule has 0 fully saturated rings. The van der Waals surface area contributed by atoms with Gasteiger partial charge < -0.3 is 4.98 Å². The van der Waals surface area contributed by atoms with E-state index in [-0.39, 0.29) is 4.90 Å². The van der Waals surface area contributed by atoms with Crippen molar-refractivity contribution in [3.05, 3.63) is 28.7 Å². The van der Waals surface area contributed by atoms with Crippen molar-refractivity contribution < 1.29 is 21.6 Å². The molecule has 5 nitrogen and oxygen atoms in total. The van der Waals surface area contributed by atoms with Crippen LogP contribution in [-0.2, 0) is 10.0 Å². The lowest BCUT2D eigenvalue weighted by Crippen LogP contribution is -2.28. The van der Waals surface area contributed by atoms with E-state index in [2.05, 4.69) is 4.98 Å². The van der Waals surface area contributed by atoms with Crippen LogP contribution < -0.4 is 10.3 Å². The van der Waals surface area contributed by atoms with Gasteiger partial charge in [0.2, 0.25) is 15.6 Å². The van der Waals surface area contributed by atoms with Crippen LogP contribution >= 0.6 is 0 Å². The molecule has 0 radical (unpaired) electrons. The van der Waals surface area contributed by atoms with Gasteiger partial charge in [-0.15, -0.1) is 0 Å². The summed E-state index contributed by atoms with van der Waals surface area (Å²) in [5.74, 6) is 0. The molecular formula is C8H9F3N2O3S. The van der Waals surface area contributed by atoms with Crippen LogP contribution in [0, 0.1) is 0 Å². The van der Waals surface area contributed by atoms with Crippen molar-refractivity contribution in [1.29, 1.82) is 0 Å². The molecule has 0 aliphatic carbocycles. The first-order chi connectivity index (χ1) is 7.71. The SMILES string of the molecule is O=c1ccc(S(=O)(=O)NCCC(F)(F)F)c[nH]1. The molecule has 1 rings (SSSR count). The molecule has 17 heavy (non-hydrogen) atoms. The standard InChI is InChI=1S/C8H9F3N2O3S/c9-8(10,11)3-4-13-17(15,16)6-1-2-7(14)12-5-6/h1-2,5,13H,3-4H2,(H,12,14). The fraction of sp³-hybridized carbons (Fsp3) is 0.375. The van der Waals surface area contributed by atoms with E-state index >= 15 is 0 Å². The molecule has 96 valence electrons. The number of aromatic amines is 1. The maximum atomic E-state index is 11.8. The average Bonchev–Trinajstić information content (AvgIpc) is 2.15. The molecule has 0 saturated carbocycles. The lowest BCUT2D eigenvalue weighted by atomic mass is 10.4. The van der Waals surface area contributed by atoms with Crippen LogP contribution in [0.3, 0.4) is 0 Å². The molecule has 1 aromatic heterocycles. The zero-order valence-electron chi connectivity index (χ0n) is 8.41. The Morgan fingerprint density at radius 1 is 1.29 bits per heavy atom. The largest absolute Gasteiger partial charge is 0.390 e. The van der Waals surface area contributed by atoms with Gasteiger partial charge in [-0.05, 0) is 6.07 Å². The maximum Gasteiger partial charge on any atom is 0.390 e. The Hall–Kier alpha value is -1.35. The van der Waals surface area contributed by atoms with Crippen molar-refractivity contribution in [1.82, 2.24) is 9.71 Å². The molecule has 1 heterocycles. The van der Waals surface area contributed by atoms with E-state index in [0.717, 1.165) is 18.3 Å². The fourth-order valence-electron chi connectivity index (χ4n) is 0.974. The molecule has 2 N–H and O–H groups in total. The van der Waals surface area contributed by atoms with Gasteiger partial charge in [-0.1, -0.05) is 0 Å². The zero-order chi connectivity index (χ0) is 13.1. The van der Waals surface area contributed by atoms with Gasteiger partial charge in [0.25, 0.3) is 0 Å². The molecule has 0 bridgehead atoms. The maximum absolute atomic E-state index is 11.8. The molecule has 0 aromatic carbocycles. The normalized spacial score (nSPS) is 12.6. The van der Waals surface area contributed by atoms with Crippen molar-refractivity contribution >= 4 is 10.0 Å². The first kappa shape index (κ1) is 13.7. The summed E-state index contributed by atoms with van der Waals surface area (Å²) in [5.41, 5.74) is -0.501. The summed E-state index contributed by atoms with van der Waals surface area (Å²) < 4.78 is 60.1. The molecule has 1 aromatic rings. The van der Waals surface area contributed by atoms with Gasteiger partial charge in [-0.2, -0.15) is 13.2 Å². The molecule has 9 heteroatoms. The van der Waals surface area contributed by atoms with E-state index in [4.69, 9.17) is 0 Å². The molecule has 0 amide bonds. The number of hydrogen-bond acceptors (Lipinski definition) is 3.